The van der Waals surface area contributed by atoms with Gasteiger partial charge in [-0.15, -0.1) is 0 Å². The predicted molar refractivity (Wildman–Crippen MR) is 114 cm³/mol. The fraction of sp³-hybridized carbons (Fsp3) is 0.619. The molecule has 1 fully saturated rings. The molecule has 1 heterocycles. The number of carbonyl (C=O) groups is 1. The van der Waals surface area contributed by atoms with Gasteiger partial charge in [-0.3, -0.25) is 9.79 Å². The van der Waals surface area contributed by atoms with E-state index >= 15 is 0 Å². The maximum atomic E-state index is 11.7. The molecular formula is C21H34N4O4. The molecule has 1 aromatic rings. The maximum Gasteiger partial charge on any atom is 0.308 e. The number of nitrogens with one attached hydrogen (secondary N) is 1. The monoisotopic (exact) mass is 406 g/mol. The van der Waals surface area contributed by atoms with Crippen LogP contribution in [0.25, 0.3) is 0 Å². The highest BCUT2D eigenvalue weighted by Gasteiger charge is 2.27. The number of methoxy groups -OCH3 is 3. The van der Waals surface area contributed by atoms with Crippen molar-refractivity contribution >= 4 is 11.9 Å². The molecule has 8 nitrogen and oxygen atoms in total. The molecule has 1 aromatic carbocycles. The molecule has 2 rings (SSSR count). The number of rotatable bonds is 7. The Morgan fingerprint density at radius 3 is 2.38 bits per heavy atom. The van der Waals surface area contributed by atoms with Gasteiger partial charge in [-0.05, 0) is 44.6 Å². The molecule has 1 aliphatic heterocycles. The normalized spacial score (nSPS) is 16.5. The van der Waals surface area contributed by atoms with Gasteiger partial charge in [0.25, 0.3) is 0 Å². The summed E-state index contributed by atoms with van der Waals surface area (Å²) in [5.41, 5.74) is 1.13. The Balaban J connectivity index is 2.03. The minimum absolute atomic E-state index is 0.0179. The number of ether oxygens (including phenoxy) is 3. The molecule has 1 aliphatic rings. The molecular weight excluding hydrogens is 372 g/mol. The van der Waals surface area contributed by atoms with E-state index in [1.165, 1.54) is 7.11 Å². The highest BCUT2D eigenvalue weighted by atomic mass is 16.5. The molecule has 1 N–H and O–H groups in total. The predicted octanol–water partition coefficient (Wildman–Crippen LogP) is 1.77. The zero-order chi connectivity index (χ0) is 21.4. The third-order valence-corrected chi connectivity index (χ3v) is 5.41. The van der Waals surface area contributed by atoms with Crippen LogP contribution in [-0.4, -0.2) is 83.8 Å². The average Bonchev–Trinajstić information content (AvgIpc) is 2.75. The highest BCUT2D eigenvalue weighted by Crippen LogP contribution is 2.31. The molecule has 1 unspecified atom stereocenters. The molecule has 162 valence electrons. The van der Waals surface area contributed by atoms with Crippen LogP contribution in [-0.2, 0) is 9.53 Å². The molecule has 0 aliphatic carbocycles. The zero-order valence-electron chi connectivity index (χ0n) is 18.4. The Morgan fingerprint density at radius 1 is 1.21 bits per heavy atom. The Kier molecular flexibility index (Phi) is 8.57. The number of hydrogen-bond donors (Lipinski definition) is 1. The summed E-state index contributed by atoms with van der Waals surface area (Å²) >= 11 is 0. The van der Waals surface area contributed by atoms with Crippen LogP contribution in [0.5, 0.6) is 11.5 Å². The molecule has 0 spiro atoms. The number of likely N-dealkylation sites (tertiary alicyclic amines) is 1. The lowest BCUT2D eigenvalue weighted by molar-refractivity contribution is -0.146. The van der Waals surface area contributed by atoms with Gasteiger partial charge >= 0.3 is 5.97 Å². The van der Waals surface area contributed by atoms with Crippen molar-refractivity contribution in [2.75, 3.05) is 62.1 Å². The Labute approximate surface area is 173 Å². The number of nitrogens with zero attached hydrogens (tertiary/aromatic N) is 3. The lowest BCUT2D eigenvalue weighted by Crippen LogP contribution is -2.48. The van der Waals surface area contributed by atoms with Gasteiger partial charge < -0.3 is 29.3 Å². The van der Waals surface area contributed by atoms with Crippen molar-refractivity contribution in [3.63, 3.8) is 0 Å². The topological polar surface area (TPSA) is 75.6 Å². The van der Waals surface area contributed by atoms with E-state index in [4.69, 9.17) is 14.2 Å². The SMILES string of the molecule is CN=C(NCC(c1ccc(OC)c(OC)c1)N(C)C)N1CCC(C(=O)OC)CC1. The standard InChI is InChI=1S/C21H34N4O4/c1-22-21(25-11-9-15(10-12-25)20(26)29-6)23-14-17(24(2)3)16-7-8-18(27-4)19(13-16)28-5/h7-8,13,15,17H,9-12,14H2,1-6H3,(H,22,23). The number of esters is 1. The molecule has 0 saturated carbocycles. The highest BCUT2D eigenvalue weighted by molar-refractivity contribution is 5.80. The third-order valence-electron chi connectivity index (χ3n) is 5.41. The summed E-state index contributed by atoms with van der Waals surface area (Å²) in [4.78, 5) is 20.5. The molecule has 8 heteroatoms. The lowest BCUT2D eigenvalue weighted by atomic mass is 9.97. The smallest absolute Gasteiger partial charge is 0.308 e. The van der Waals surface area contributed by atoms with Gasteiger partial charge in [0.05, 0.1) is 33.3 Å². The first-order valence-corrected chi connectivity index (χ1v) is 9.86. The molecule has 0 amide bonds. The van der Waals surface area contributed by atoms with Crippen molar-refractivity contribution < 1.29 is 19.0 Å². The molecule has 0 radical (unpaired) electrons. The van der Waals surface area contributed by atoms with Crippen molar-refractivity contribution in [3.05, 3.63) is 23.8 Å². The fourth-order valence-electron chi connectivity index (χ4n) is 3.67. The van der Waals surface area contributed by atoms with E-state index < -0.39 is 0 Å². The minimum atomic E-state index is -0.117. The van der Waals surface area contributed by atoms with Crippen LogP contribution in [0, 0.1) is 5.92 Å². The summed E-state index contributed by atoms with van der Waals surface area (Å²) < 4.78 is 15.7. The van der Waals surface area contributed by atoms with E-state index in [2.05, 4.69) is 26.2 Å². The van der Waals surface area contributed by atoms with Crippen LogP contribution < -0.4 is 14.8 Å². The first kappa shape index (κ1) is 22.8. The number of guanidine groups is 1. The van der Waals surface area contributed by atoms with Gasteiger partial charge in [-0.1, -0.05) is 6.07 Å². The lowest BCUT2D eigenvalue weighted by Gasteiger charge is -2.34. The number of piperidine rings is 1. The Morgan fingerprint density at radius 2 is 1.86 bits per heavy atom. The zero-order valence-corrected chi connectivity index (χ0v) is 18.4. The number of carbonyl (C=O) groups excluding carboxylic acids is 1. The maximum absolute atomic E-state index is 11.7. The van der Waals surface area contributed by atoms with E-state index in [1.807, 2.05) is 26.2 Å². The number of hydrogen-bond acceptors (Lipinski definition) is 6. The fourth-order valence-corrected chi connectivity index (χ4v) is 3.67. The van der Waals surface area contributed by atoms with Gasteiger partial charge in [-0.2, -0.15) is 0 Å². The van der Waals surface area contributed by atoms with E-state index in [-0.39, 0.29) is 17.9 Å². The van der Waals surface area contributed by atoms with Crippen LogP contribution in [0.3, 0.4) is 0 Å². The van der Waals surface area contributed by atoms with Crippen LogP contribution in [0.1, 0.15) is 24.4 Å². The first-order valence-electron chi connectivity index (χ1n) is 9.86. The van der Waals surface area contributed by atoms with Gasteiger partial charge in [-0.25, -0.2) is 0 Å². The second-order valence-electron chi connectivity index (χ2n) is 7.31. The van der Waals surface area contributed by atoms with E-state index in [0.717, 1.165) is 37.5 Å². The van der Waals surface area contributed by atoms with Crippen molar-refractivity contribution in [1.29, 1.82) is 0 Å². The first-order chi connectivity index (χ1) is 13.9. The van der Waals surface area contributed by atoms with Crippen molar-refractivity contribution in [2.45, 2.75) is 18.9 Å². The van der Waals surface area contributed by atoms with Crippen LogP contribution in [0.2, 0.25) is 0 Å². The summed E-state index contributed by atoms with van der Waals surface area (Å²) in [7, 11) is 10.6. The largest absolute Gasteiger partial charge is 0.493 e. The van der Waals surface area contributed by atoms with Crippen molar-refractivity contribution in [3.8, 4) is 11.5 Å². The van der Waals surface area contributed by atoms with Gasteiger partial charge in [0.15, 0.2) is 17.5 Å². The third kappa shape index (κ3) is 5.76. The second kappa shape index (κ2) is 10.9. The average molecular weight is 407 g/mol. The molecule has 29 heavy (non-hydrogen) atoms. The van der Waals surface area contributed by atoms with E-state index in [9.17, 15) is 4.79 Å². The Bertz CT molecular complexity index is 700. The van der Waals surface area contributed by atoms with E-state index in [1.54, 1.807) is 21.3 Å². The summed E-state index contributed by atoms with van der Waals surface area (Å²) in [6.07, 6.45) is 1.56. The summed E-state index contributed by atoms with van der Waals surface area (Å²) in [5, 5.41) is 3.49. The second-order valence-corrected chi connectivity index (χ2v) is 7.31. The number of aliphatic imine (C=N–C) groups is 1. The summed E-state index contributed by atoms with van der Waals surface area (Å²) in [6.45, 7) is 2.25. The van der Waals surface area contributed by atoms with Crippen LogP contribution in [0.15, 0.2) is 23.2 Å². The van der Waals surface area contributed by atoms with Crippen molar-refractivity contribution in [2.24, 2.45) is 10.9 Å². The number of likely N-dealkylation sites (N-methyl/N-ethyl adjacent to an activating group) is 1. The summed E-state index contributed by atoms with van der Waals surface area (Å²) in [5.74, 6) is 2.14. The summed E-state index contributed by atoms with van der Waals surface area (Å²) in [6, 6.07) is 6.12. The number of benzene rings is 1. The van der Waals surface area contributed by atoms with Gasteiger partial charge in [0.1, 0.15) is 0 Å². The van der Waals surface area contributed by atoms with Crippen LogP contribution in [0.4, 0.5) is 0 Å². The minimum Gasteiger partial charge on any atom is -0.493 e. The van der Waals surface area contributed by atoms with Crippen molar-refractivity contribution in [1.82, 2.24) is 15.1 Å². The quantitative estimate of drug-likeness (QED) is 0.420. The van der Waals surface area contributed by atoms with Gasteiger partial charge in [0, 0.05) is 26.7 Å². The molecule has 0 bridgehead atoms. The van der Waals surface area contributed by atoms with E-state index in [0.29, 0.717) is 18.0 Å². The molecule has 1 atom stereocenters. The molecule has 1 saturated heterocycles. The van der Waals surface area contributed by atoms with Crippen LogP contribution >= 0.6 is 0 Å². The Hall–Kier alpha value is -2.48. The van der Waals surface area contributed by atoms with Gasteiger partial charge in [0.2, 0.25) is 0 Å². The molecule has 0 aromatic heterocycles.